The zero-order chi connectivity index (χ0) is 17.0. The Morgan fingerprint density at radius 3 is 2.41 bits per heavy atom. The van der Waals surface area contributed by atoms with Gasteiger partial charge in [-0.1, -0.05) is 46.7 Å². The summed E-state index contributed by atoms with van der Waals surface area (Å²) in [7, 11) is 0. The molecule has 0 bridgehead atoms. The molecule has 2 N–H and O–H groups in total. The van der Waals surface area contributed by atoms with Crippen molar-refractivity contribution in [2.75, 3.05) is 6.54 Å². The maximum absolute atomic E-state index is 11.7. The van der Waals surface area contributed by atoms with Crippen LogP contribution < -0.4 is 5.32 Å². The predicted molar refractivity (Wildman–Crippen MR) is 84.4 cm³/mol. The molecule has 0 aliphatic heterocycles. The maximum Gasteiger partial charge on any atom is 0.226 e. The molecule has 1 amide bonds. The first-order chi connectivity index (χ1) is 10.00. The molecule has 22 heavy (non-hydrogen) atoms. The fraction of sp³-hybridized carbons (Fsp3) is 0.812. The van der Waals surface area contributed by atoms with E-state index >= 15 is 0 Å². The minimum absolute atomic E-state index is 0.0705. The highest BCUT2D eigenvalue weighted by Gasteiger charge is 2.23. The minimum Gasteiger partial charge on any atom is -0.391 e. The Bertz CT molecular complexity index is 484. The molecule has 1 aromatic rings. The van der Waals surface area contributed by atoms with Gasteiger partial charge in [-0.05, 0) is 11.8 Å². The molecule has 0 saturated carbocycles. The number of aromatic nitrogens is 2. The van der Waals surface area contributed by atoms with Gasteiger partial charge in [0, 0.05) is 24.8 Å². The lowest BCUT2D eigenvalue weighted by Crippen LogP contribution is -2.39. The smallest absolute Gasteiger partial charge is 0.226 e. The van der Waals surface area contributed by atoms with Gasteiger partial charge in [0.25, 0.3) is 0 Å². The second kappa shape index (κ2) is 7.22. The Kier molecular flexibility index (Phi) is 6.11. The quantitative estimate of drug-likeness (QED) is 0.841. The lowest BCUT2D eigenvalue weighted by Gasteiger charge is -2.25. The third-order valence-electron chi connectivity index (χ3n) is 3.43. The number of aliphatic hydroxyl groups excluding tert-OH is 1. The molecule has 6 nitrogen and oxygen atoms in total. The van der Waals surface area contributed by atoms with E-state index in [0.717, 1.165) is 0 Å². The van der Waals surface area contributed by atoms with E-state index < -0.39 is 6.10 Å². The summed E-state index contributed by atoms with van der Waals surface area (Å²) in [5, 5.41) is 16.6. The number of carbonyl (C=O) groups excluding carboxylic acids is 1. The molecule has 0 aliphatic carbocycles. The number of hydrogen-bond donors (Lipinski definition) is 2. The summed E-state index contributed by atoms with van der Waals surface area (Å²) in [5.74, 6) is 1.17. The number of nitrogens with one attached hydrogen (secondary N) is 1. The third-order valence-corrected chi connectivity index (χ3v) is 3.43. The van der Waals surface area contributed by atoms with E-state index in [2.05, 4.69) is 15.5 Å². The fourth-order valence-electron chi connectivity index (χ4n) is 1.67. The van der Waals surface area contributed by atoms with E-state index in [9.17, 15) is 9.90 Å². The zero-order valence-electron chi connectivity index (χ0n) is 14.6. The molecule has 0 saturated heterocycles. The summed E-state index contributed by atoms with van der Waals surface area (Å²) in [5.41, 5.74) is -0.372. The van der Waals surface area contributed by atoms with Gasteiger partial charge in [0.1, 0.15) is 0 Å². The highest BCUT2D eigenvalue weighted by molar-refractivity contribution is 5.75. The number of carbonyl (C=O) groups is 1. The monoisotopic (exact) mass is 311 g/mol. The number of nitrogens with zero attached hydrogens (tertiary/aromatic N) is 2. The molecule has 0 aliphatic rings. The first-order valence-corrected chi connectivity index (χ1v) is 7.78. The maximum atomic E-state index is 11.7. The van der Waals surface area contributed by atoms with Crippen molar-refractivity contribution in [3.8, 4) is 0 Å². The number of amides is 1. The summed E-state index contributed by atoms with van der Waals surface area (Å²) in [6.45, 7) is 12.2. The van der Waals surface area contributed by atoms with Gasteiger partial charge >= 0.3 is 0 Å². The van der Waals surface area contributed by atoms with Crippen LogP contribution in [0.3, 0.4) is 0 Å². The lowest BCUT2D eigenvalue weighted by molar-refractivity contribution is -0.122. The van der Waals surface area contributed by atoms with Gasteiger partial charge in [0.15, 0.2) is 5.82 Å². The molecular formula is C16H29N3O3. The average molecular weight is 311 g/mol. The Labute approximate surface area is 132 Å². The van der Waals surface area contributed by atoms with Crippen LogP contribution in [-0.2, 0) is 16.6 Å². The van der Waals surface area contributed by atoms with Crippen LogP contribution in [0.2, 0.25) is 0 Å². The van der Waals surface area contributed by atoms with Crippen LogP contribution >= 0.6 is 0 Å². The summed E-state index contributed by atoms with van der Waals surface area (Å²) < 4.78 is 5.18. The number of aryl methyl sites for hydroxylation is 1. The Balaban J connectivity index is 2.30. The number of rotatable bonds is 6. The van der Waals surface area contributed by atoms with Crippen LogP contribution in [0, 0.1) is 5.41 Å². The molecule has 0 spiro atoms. The number of aliphatic hydroxyl groups is 1. The largest absolute Gasteiger partial charge is 0.391 e. The molecule has 0 fully saturated rings. The molecule has 6 heteroatoms. The van der Waals surface area contributed by atoms with Gasteiger partial charge in [-0.2, -0.15) is 4.98 Å². The van der Waals surface area contributed by atoms with Crippen LogP contribution in [-0.4, -0.2) is 33.8 Å². The highest BCUT2D eigenvalue weighted by Crippen LogP contribution is 2.19. The second-order valence-electron chi connectivity index (χ2n) is 7.80. The van der Waals surface area contributed by atoms with Gasteiger partial charge in [-0.3, -0.25) is 4.79 Å². The molecule has 1 rings (SSSR count). The Morgan fingerprint density at radius 2 is 1.91 bits per heavy atom. The lowest BCUT2D eigenvalue weighted by atomic mass is 9.89. The van der Waals surface area contributed by atoms with Gasteiger partial charge in [0.05, 0.1) is 6.10 Å². The van der Waals surface area contributed by atoms with Crippen molar-refractivity contribution in [3.05, 3.63) is 11.7 Å². The topological polar surface area (TPSA) is 88.2 Å². The van der Waals surface area contributed by atoms with Crippen LogP contribution in [0.25, 0.3) is 0 Å². The molecule has 1 aromatic heterocycles. The Morgan fingerprint density at radius 1 is 1.27 bits per heavy atom. The van der Waals surface area contributed by atoms with Crippen molar-refractivity contribution >= 4 is 5.91 Å². The van der Waals surface area contributed by atoms with Gasteiger partial charge in [-0.25, -0.2) is 0 Å². The summed E-state index contributed by atoms with van der Waals surface area (Å²) >= 11 is 0. The normalized spacial score (nSPS) is 14.0. The zero-order valence-corrected chi connectivity index (χ0v) is 14.6. The molecular weight excluding hydrogens is 282 g/mol. The molecule has 0 aromatic carbocycles. The molecule has 1 atom stereocenters. The summed E-state index contributed by atoms with van der Waals surface area (Å²) in [6.07, 6.45) is 1.05. The standard InChI is InChI=1S/C16H29N3O3/c1-15(2,3)11(20)10-17-12(21)8-7-9-13-18-14(19-22-13)16(4,5)6/h11,20H,7-10H2,1-6H3,(H,17,21). The van der Waals surface area contributed by atoms with Crippen LogP contribution in [0.15, 0.2) is 4.52 Å². The molecule has 0 radical (unpaired) electrons. The van der Waals surface area contributed by atoms with Crippen molar-refractivity contribution < 1.29 is 14.4 Å². The van der Waals surface area contributed by atoms with Crippen molar-refractivity contribution in [2.24, 2.45) is 5.41 Å². The molecule has 126 valence electrons. The first kappa shape index (κ1) is 18.6. The molecule has 1 heterocycles. The van der Waals surface area contributed by atoms with Gasteiger partial charge in [0.2, 0.25) is 11.8 Å². The van der Waals surface area contributed by atoms with Gasteiger partial charge in [-0.15, -0.1) is 0 Å². The van der Waals surface area contributed by atoms with Crippen LogP contribution in [0.1, 0.15) is 66.1 Å². The summed E-state index contributed by atoms with van der Waals surface area (Å²) in [6, 6.07) is 0. The third kappa shape index (κ3) is 6.13. The minimum atomic E-state index is -0.554. The number of hydrogen-bond acceptors (Lipinski definition) is 5. The summed E-state index contributed by atoms with van der Waals surface area (Å²) in [4.78, 5) is 16.1. The van der Waals surface area contributed by atoms with Crippen LogP contribution in [0.4, 0.5) is 0 Å². The fourth-order valence-corrected chi connectivity index (χ4v) is 1.67. The van der Waals surface area contributed by atoms with Crippen molar-refractivity contribution in [3.63, 3.8) is 0 Å². The Hall–Kier alpha value is -1.43. The van der Waals surface area contributed by atoms with Crippen LogP contribution in [0.5, 0.6) is 0 Å². The van der Waals surface area contributed by atoms with Crippen molar-refractivity contribution in [1.29, 1.82) is 0 Å². The predicted octanol–water partition coefficient (Wildman–Crippen LogP) is 2.21. The molecule has 1 unspecified atom stereocenters. The average Bonchev–Trinajstić information content (AvgIpc) is 2.83. The van der Waals surface area contributed by atoms with E-state index in [1.165, 1.54) is 0 Å². The first-order valence-electron chi connectivity index (χ1n) is 7.78. The van der Waals surface area contributed by atoms with Gasteiger partial charge < -0.3 is 14.9 Å². The van der Waals surface area contributed by atoms with E-state index in [-0.39, 0.29) is 23.3 Å². The second-order valence-corrected chi connectivity index (χ2v) is 7.80. The van der Waals surface area contributed by atoms with E-state index in [0.29, 0.717) is 31.0 Å². The SMILES string of the molecule is CC(C)(C)c1noc(CCCC(=O)NCC(O)C(C)(C)C)n1. The van der Waals surface area contributed by atoms with E-state index in [1.807, 2.05) is 41.5 Å². The van der Waals surface area contributed by atoms with E-state index in [1.54, 1.807) is 0 Å². The van der Waals surface area contributed by atoms with Crippen molar-refractivity contribution in [2.45, 2.75) is 72.3 Å². The van der Waals surface area contributed by atoms with Crippen molar-refractivity contribution in [1.82, 2.24) is 15.5 Å². The highest BCUT2D eigenvalue weighted by atomic mass is 16.5. The van der Waals surface area contributed by atoms with E-state index in [4.69, 9.17) is 4.52 Å².